The number of sulfonamides is 1. The molecular formula is C13H16N2O3S2. The second kappa shape index (κ2) is 5.82. The summed E-state index contributed by atoms with van der Waals surface area (Å²) in [7, 11) is -1.99. The highest BCUT2D eigenvalue weighted by atomic mass is 32.2. The molecule has 0 fully saturated rings. The molecule has 0 radical (unpaired) electrons. The third kappa shape index (κ3) is 3.30. The summed E-state index contributed by atoms with van der Waals surface area (Å²) in [5.41, 5.74) is 6.84. The Morgan fingerprint density at radius 3 is 2.70 bits per heavy atom. The average molecular weight is 312 g/mol. The molecule has 20 heavy (non-hydrogen) atoms. The number of benzene rings is 1. The van der Waals surface area contributed by atoms with E-state index in [2.05, 4.69) is 4.72 Å². The Balaban J connectivity index is 2.20. The lowest BCUT2D eigenvalue weighted by Crippen LogP contribution is -2.26. The molecule has 1 unspecified atom stereocenters. The van der Waals surface area contributed by atoms with Gasteiger partial charge in [-0.1, -0.05) is 12.1 Å². The standard InChI is InChI=1S/C13H16N2O3S2/c1-9(10-4-3-5-12(6-10)18-2)15-20(16,17)13-7-11(14)8-19-13/h3-9,15H,14H2,1-2H3. The molecule has 3 N–H and O–H groups in total. The first kappa shape index (κ1) is 14.8. The Morgan fingerprint density at radius 1 is 1.35 bits per heavy atom. The summed E-state index contributed by atoms with van der Waals surface area (Å²) < 4.78 is 32.4. The second-order valence-corrected chi connectivity index (χ2v) is 7.17. The first-order valence-corrected chi connectivity index (χ1v) is 8.29. The van der Waals surface area contributed by atoms with E-state index in [9.17, 15) is 8.42 Å². The number of hydrogen-bond acceptors (Lipinski definition) is 5. The smallest absolute Gasteiger partial charge is 0.250 e. The summed E-state index contributed by atoms with van der Waals surface area (Å²) in [5.74, 6) is 0.689. The molecule has 0 saturated heterocycles. The van der Waals surface area contributed by atoms with Crippen LogP contribution in [0.25, 0.3) is 0 Å². The van der Waals surface area contributed by atoms with Gasteiger partial charge in [0.1, 0.15) is 9.96 Å². The first-order chi connectivity index (χ1) is 9.42. The van der Waals surface area contributed by atoms with Gasteiger partial charge >= 0.3 is 0 Å². The third-order valence-corrected chi connectivity index (χ3v) is 5.78. The first-order valence-electron chi connectivity index (χ1n) is 5.92. The summed E-state index contributed by atoms with van der Waals surface area (Å²) in [6.07, 6.45) is 0. The van der Waals surface area contributed by atoms with Crippen molar-refractivity contribution < 1.29 is 13.2 Å². The van der Waals surface area contributed by atoms with Crippen molar-refractivity contribution >= 4 is 27.0 Å². The Morgan fingerprint density at radius 2 is 2.10 bits per heavy atom. The van der Waals surface area contributed by atoms with E-state index in [4.69, 9.17) is 10.5 Å². The number of ether oxygens (including phenoxy) is 1. The molecule has 0 amide bonds. The lowest BCUT2D eigenvalue weighted by Gasteiger charge is -2.14. The fourth-order valence-corrected chi connectivity index (χ4v) is 4.07. The highest BCUT2D eigenvalue weighted by Crippen LogP contribution is 2.25. The van der Waals surface area contributed by atoms with Crippen LogP contribution < -0.4 is 15.2 Å². The van der Waals surface area contributed by atoms with E-state index >= 15 is 0 Å². The molecule has 2 aromatic rings. The predicted molar refractivity (Wildman–Crippen MR) is 80.5 cm³/mol. The van der Waals surface area contributed by atoms with E-state index in [1.165, 1.54) is 6.07 Å². The zero-order valence-electron chi connectivity index (χ0n) is 11.2. The number of methoxy groups -OCH3 is 1. The number of hydrogen-bond donors (Lipinski definition) is 2. The van der Waals surface area contributed by atoms with Gasteiger partial charge in [0, 0.05) is 17.1 Å². The minimum atomic E-state index is -3.56. The van der Waals surface area contributed by atoms with Crippen LogP contribution in [0.2, 0.25) is 0 Å². The molecule has 0 bridgehead atoms. The van der Waals surface area contributed by atoms with Gasteiger partial charge in [-0.25, -0.2) is 13.1 Å². The van der Waals surface area contributed by atoms with Crippen LogP contribution in [-0.4, -0.2) is 15.5 Å². The zero-order chi connectivity index (χ0) is 14.8. The van der Waals surface area contributed by atoms with Gasteiger partial charge in [-0.05, 0) is 30.7 Å². The van der Waals surface area contributed by atoms with Crippen LogP contribution >= 0.6 is 11.3 Å². The van der Waals surface area contributed by atoms with Crippen molar-refractivity contribution in [1.82, 2.24) is 4.72 Å². The molecule has 1 aromatic carbocycles. The SMILES string of the molecule is COc1cccc(C(C)NS(=O)(=O)c2cc(N)cs2)c1. The lowest BCUT2D eigenvalue weighted by atomic mass is 10.1. The van der Waals surface area contributed by atoms with Crippen molar-refractivity contribution in [1.29, 1.82) is 0 Å². The summed E-state index contributed by atoms with van der Waals surface area (Å²) in [5, 5.41) is 1.60. The van der Waals surface area contributed by atoms with Crippen molar-refractivity contribution in [2.75, 3.05) is 12.8 Å². The van der Waals surface area contributed by atoms with Gasteiger partial charge in [0.15, 0.2) is 0 Å². The molecule has 1 atom stereocenters. The van der Waals surface area contributed by atoms with Crippen LogP contribution in [0.15, 0.2) is 39.9 Å². The maximum absolute atomic E-state index is 12.2. The zero-order valence-corrected chi connectivity index (χ0v) is 12.8. The van der Waals surface area contributed by atoms with E-state index in [1.54, 1.807) is 25.5 Å². The van der Waals surface area contributed by atoms with E-state index in [0.717, 1.165) is 16.9 Å². The normalized spacial score (nSPS) is 13.1. The van der Waals surface area contributed by atoms with Crippen LogP contribution in [0.3, 0.4) is 0 Å². The summed E-state index contributed by atoms with van der Waals surface area (Å²) >= 11 is 1.10. The van der Waals surface area contributed by atoms with Gasteiger partial charge in [-0.3, -0.25) is 0 Å². The molecule has 0 spiro atoms. The van der Waals surface area contributed by atoms with Gasteiger partial charge in [-0.15, -0.1) is 11.3 Å². The molecule has 2 rings (SSSR count). The van der Waals surface area contributed by atoms with Gasteiger partial charge in [0.25, 0.3) is 10.0 Å². The number of anilines is 1. The number of rotatable bonds is 5. The van der Waals surface area contributed by atoms with Crippen LogP contribution in [0.1, 0.15) is 18.5 Å². The third-order valence-electron chi connectivity index (χ3n) is 2.79. The minimum absolute atomic E-state index is 0.213. The quantitative estimate of drug-likeness (QED) is 0.888. The van der Waals surface area contributed by atoms with E-state index in [-0.39, 0.29) is 10.3 Å². The molecule has 5 nitrogen and oxygen atoms in total. The van der Waals surface area contributed by atoms with E-state index < -0.39 is 10.0 Å². The second-order valence-electron chi connectivity index (χ2n) is 4.32. The van der Waals surface area contributed by atoms with Crippen molar-refractivity contribution in [2.24, 2.45) is 0 Å². The molecular weight excluding hydrogens is 296 g/mol. The molecule has 7 heteroatoms. The Bertz CT molecular complexity index is 695. The van der Waals surface area contributed by atoms with Gasteiger partial charge < -0.3 is 10.5 Å². The molecule has 0 saturated carbocycles. The fraction of sp³-hybridized carbons (Fsp3) is 0.231. The van der Waals surface area contributed by atoms with Crippen LogP contribution in [-0.2, 0) is 10.0 Å². The maximum atomic E-state index is 12.2. The average Bonchev–Trinajstić information content (AvgIpc) is 2.86. The van der Waals surface area contributed by atoms with Crippen molar-refractivity contribution in [3.8, 4) is 5.75 Å². The Kier molecular flexibility index (Phi) is 4.32. The molecule has 0 aliphatic carbocycles. The van der Waals surface area contributed by atoms with Crippen molar-refractivity contribution in [3.63, 3.8) is 0 Å². The predicted octanol–water partition coefficient (Wildman–Crippen LogP) is 2.38. The highest BCUT2D eigenvalue weighted by molar-refractivity contribution is 7.91. The minimum Gasteiger partial charge on any atom is -0.497 e. The van der Waals surface area contributed by atoms with Gasteiger partial charge in [-0.2, -0.15) is 0 Å². The van der Waals surface area contributed by atoms with Crippen LogP contribution in [0.4, 0.5) is 5.69 Å². The number of nitrogen functional groups attached to an aromatic ring is 1. The van der Waals surface area contributed by atoms with E-state index in [1.807, 2.05) is 18.2 Å². The van der Waals surface area contributed by atoms with E-state index in [0.29, 0.717) is 11.4 Å². The van der Waals surface area contributed by atoms with Gasteiger partial charge in [0.2, 0.25) is 0 Å². The molecule has 1 aromatic heterocycles. The summed E-state index contributed by atoms with van der Waals surface area (Å²) in [6, 6.07) is 8.37. The summed E-state index contributed by atoms with van der Waals surface area (Å²) in [4.78, 5) is 0. The summed E-state index contributed by atoms with van der Waals surface area (Å²) in [6.45, 7) is 1.78. The topological polar surface area (TPSA) is 81.4 Å². The number of thiophene rings is 1. The van der Waals surface area contributed by atoms with Gasteiger partial charge in [0.05, 0.1) is 7.11 Å². The van der Waals surface area contributed by atoms with Crippen LogP contribution in [0, 0.1) is 0 Å². The molecule has 0 aliphatic rings. The monoisotopic (exact) mass is 312 g/mol. The highest BCUT2D eigenvalue weighted by Gasteiger charge is 2.20. The van der Waals surface area contributed by atoms with Crippen LogP contribution in [0.5, 0.6) is 5.75 Å². The number of nitrogens with one attached hydrogen (secondary N) is 1. The largest absolute Gasteiger partial charge is 0.497 e. The van der Waals surface area contributed by atoms with Crippen molar-refractivity contribution in [2.45, 2.75) is 17.2 Å². The fourth-order valence-electron chi connectivity index (χ4n) is 1.74. The molecule has 0 aliphatic heterocycles. The maximum Gasteiger partial charge on any atom is 0.250 e. The molecule has 1 heterocycles. The van der Waals surface area contributed by atoms with Crippen molar-refractivity contribution in [3.05, 3.63) is 41.3 Å². The molecule has 108 valence electrons. The Labute approximate surface area is 122 Å². The lowest BCUT2D eigenvalue weighted by molar-refractivity contribution is 0.413. The number of nitrogens with two attached hydrogens (primary N) is 1. The Hall–Kier alpha value is -1.57.